The summed E-state index contributed by atoms with van der Waals surface area (Å²) in [6.07, 6.45) is 3.24. The van der Waals surface area contributed by atoms with E-state index in [0.29, 0.717) is 0 Å². The Hall–Kier alpha value is -4.32. The van der Waals surface area contributed by atoms with Crippen LogP contribution in [0, 0.1) is 0 Å². The molecular formula is C26H22N4O2. The number of carbonyl (C=O) groups excluding carboxylic acids is 2. The van der Waals surface area contributed by atoms with Crippen molar-refractivity contribution >= 4 is 45.8 Å². The molecular weight excluding hydrogens is 400 g/mol. The number of nitrogens with zero attached hydrogens (tertiary/aromatic N) is 2. The zero-order valence-corrected chi connectivity index (χ0v) is 17.4. The van der Waals surface area contributed by atoms with Gasteiger partial charge in [0.15, 0.2) is 0 Å². The molecule has 0 saturated carbocycles. The van der Waals surface area contributed by atoms with E-state index in [1.165, 1.54) is 0 Å². The van der Waals surface area contributed by atoms with Crippen LogP contribution in [0.4, 0.5) is 0 Å². The molecule has 2 amide bonds. The SMILES string of the molecule is O=C(CCC(=O)N/N=C/c1cccc2ccccc12)N/N=C\c1cccc2ccccc12. The topological polar surface area (TPSA) is 82.9 Å². The lowest BCUT2D eigenvalue weighted by atomic mass is 10.1. The molecule has 6 nitrogen and oxygen atoms in total. The third kappa shape index (κ3) is 5.23. The summed E-state index contributed by atoms with van der Waals surface area (Å²) in [7, 11) is 0. The standard InChI is InChI=1S/C26H22N4O2/c31-25(29-27-17-21-11-5-9-19-7-1-3-13-23(19)21)15-16-26(32)30-28-18-22-12-6-10-20-8-2-4-14-24(20)22/h1-14,17-18H,15-16H2,(H,29,31)(H,30,32)/b27-17-,28-18+. The number of amides is 2. The molecule has 0 aliphatic heterocycles. The number of rotatable bonds is 7. The monoisotopic (exact) mass is 422 g/mol. The minimum atomic E-state index is -0.338. The molecule has 0 spiro atoms. The number of nitrogens with one attached hydrogen (secondary N) is 2. The minimum Gasteiger partial charge on any atom is -0.273 e. The van der Waals surface area contributed by atoms with Gasteiger partial charge in [-0.25, -0.2) is 10.9 Å². The van der Waals surface area contributed by atoms with E-state index in [-0.39, 0.29) is 24.7 Å². The molecule has 2 N–H and O–H groups in total. The molecule has 0 heterocycles. The zero-order chi connectivity index (χ0) is 22.2. The average Bonchev–Trinajstić information content (AvgIpc) is 2.83. The molecule has 4 aromatic rings. The largest absolute Gasteiger partial charge is 0.273 e. The highest BCUT2D eigenvalue weighted by atomic mass is 16.2. The number of fused-ring (bicyclic) bond motifs is 2. The third-order valence-corrected chi connectivity index (χ3v) is 5.01. The maximum atomic E-state index is 12.0. The smallest absolute Gasteiger partial charge is 0.240 e. The predicted octanol–water partition coefficient (Wildman–Crippen LogP) is 4.37. The van der Waals surface area contributed by atoms with E-state index >= 15 is 0 Å². The van der Waals surface area contributed by atoms with Gasteiger partial charge in [-0.05, 0) is 21.5 Å². The summed E-state index contributed by atoms with van der Waals surface area (Å²) in [6.45, 7) is 0. The molecule has 6 heteroatoms. The van der Waals surface area contributed by atoms with Gasteiger partial charge in [0.05, 0.1) is 12.4 Å². The van der Waals surface area contributed by atoms with Gasteiger partial charge in [0.1, 0.15) is 0 Å². The highest BCUT2D eigenvalue weighted by Gasteiger charge is 2.06. The molecule has 0 aromatic heterocycles. The Balaban J connectivity index is 1.25. The van der Waals surface area contributed by atoms with Crippen LogP contribution in [0.15, 0.2) is 95.1 Å². The Bertz CT molecular complexity index is 1210. The number of carbonyl (C=O) groups is 2. The van der Waals surface area contributed by atoms with Crippen LogP contribution in [-0.4, -0.2) is 24.2 Å². The van der Waals surface area contributed by atoms with Crippen LogP contribution in [0.3, 0.4) is 0 Å². The fraction of sp³-hybridized carbons (Fsp3) is 0.0769. The van der Waals surface area contributed by atoms with Crippen molar-refractivity contribution in [2.75, 3.05) is 0 Å². The maximum absolute atomic E-state index is 12.0. The van der Waals surface area contributed by atoms with Crippen LogP contribution in [0.25, 0.3) is 21.5 Å². The van der Waals surface area contributed by atoms with Gasteiger partial charge < -0.3 is 0 Å². The van der Waals surface area contributed by atoms with Crippen molar-refractivity contribution in [1.82, 2.24) is 10.9 Å². The summed E-state index contributed by atoms with van der Waals surface area (Å²) in [6, 6.07) is 27.7. The van der Waals surface area contributed by atoms with Crippen molar-refractivity contribution in [2.45, 2.75) is 12.8 Å². The summed E-state index contributed by atoms with van der Waals surface area (Å²) in [5, 5.41) is 12.3. The first-order chi connectivity index (χ1) is 15.7. The van der Waals surface area contributed by atoms with Gasteiger partial charge in [0, 0.05) is 24.0 Å². The molecule has 32 heavy (non-hydrogen) atoms. The summed E-state index contributed by atoms with van der Waals surface area (Å²) >= 11 is 0. The molecule has 0 radical (unpaired) electrons. The quantitative estimate of drug-likeness (QED) is 0.342. The number of hydrogen-bond donors (Lipinski definition) is 2. The number of benzene rings is 4. The maximum Gasteiger partial charge on any atom is 0.240 e. The third-order valence-electron chi connectivity index (χ3n) is 5.01. The fourth-order valence-electron chi connectivity index (χ4n) is 3.41. The molecule has 0 fully saturated rings. The summed E-state index contributed by atoms with van der Waals surface area (Å²) < 4.78 is 0. The first-order valence-electron chi connectivity index (χ1n) is 10.3. The zero-order valence-electron chi connectivity index (χ0n) is 17.4. The van der Waals surface area contributed by atoms with E-state index < -0.39 is 0 Å². The molecule has 0 aliphatic carbocycles. The van der Waals surface area contributed by atoms with E-state index in [1.54, 1.807) is 12.4 Å². The van der Waals surface area contributed by atoms with Gasteiger partial charge in [-0.1, -0.05) is 84.9 Å². The van der Waals surface area contributed by atoms with Gasteiger partial charge in [-0.2, -0.15) is 10.2 Å². The van der Waals surface area contributed by atoms with Crippen LogP contribution in [0.5, 0.6) is 0 Å². The molecule has 0 saturated heterocycles. The van der Waals surface area contributed by atoms with Crippen molar-refractivity contribution in [2.24, 2.45) is 10.2 Å². The second kappa shape index (κ2) is 10.1. The van der Waals surface area contributed by atoms with Crippen molar-refractivity contribution in [1.29, 1.82) is 0 Å². The molecule has 4 aromatic carbocycles. The van der Waals surface area contributed by atoms with E-state index in [1.807, 2.05) is 84.9 Å². The summed E-state index contributed by atoms with van der Waals surface area (Å²) in [4.78, 5) is 24.0. The second-order valence-electron chi connectivity index (χ2n) is 7.22. The van der Waals surface area contributed by atoms with Crippen LogP contribution < -0.4 is 10.9 Å². The molecule has 158 valence electrons. The van der Waals surface area contributed by atoms with Gasteiger partial charge in [0.2, 0.25) is 11.8 Å². The molecule has 0 aliphatic rings. The van der Waals surface area contributed by atoms with Gasteiger partial charge in [0.25, 0.3) is 0 Å². The van der Waals surface area contributed by atoms with Crippen molar-refractivity contribution in [3.05, 3.63) is 96.1 Å². The first-order valence-corrected chi connectivity index (χ1v) is 10.3. The molecule has 4 rings (SSSR count). The van der Waals surface area contributed by atoms with E-state index in [4.69, 9.17) is 0 Å². The molecule has 0 unspecified atom stereocenters. The van der Waals surface area contributed by atoms with Gasteiger partial charge in [-0.3, -0.25) is 9.59 Å². The number of hydrazone groups is 2. The lowest BCUT2D eigenvalue weighted by molar-refractivity contribution is -0.126. The lowest BCUT2D eigenvalue weighted by Gasteiger charge is -2.03. The normalized spacial score (nSPS) is 11.4. The Labute approximate surface area is 185 Å². The fourth-order valence-corrected chi connectivity index (χ4v) is 3.41. The van der Waals surface area contributed by atoms with Crippen LogP contribution in [0.2, 0.25) is 0 Å². The Kier molecular flexibility index (Phi) is 6.63. The van der Waals surface area contributed by atoms with Crippen molar-refractivity contribution < 1.29 is 9.59 Å². The average molecular weight is 422 g/mol. The first kappa shape index (κ1) is 20.9. The summed E-state index contributed by atoms with van der Waals surface area (Å²) in [5.74, 6) is -0.677. The molecule has 0 atom stereocenters. The minimum absolute atomic E-state index is 0.0164. The lowest BCUT2D eigenvalue weighted by Crippen LogP contribution is -2.22. The van der Waals surface area contributed by atoms with Crippen LogP contribution in [-0.2, 0) is 9.59 Å². The highest BCUT2D eigenvalue weighted by molar-refractivity contribution is 6.01. The van der Waals surface area contributed by atoms with E-state index in [0.717, 1.165) is 32.7 Å². The van der Waals surface area contributed by atoms with Gasteiger partial charge in [-0.15, -0.1) is 0 Å². The van der Waals surface area contributed by atoms with Crippen LogP contribution in [0.1, 0.15) is 24.0 Å². The van der Waals surface area contributed by atoms with E-state index in [2.05, 4.69) is 21.1 Å². The second-order valence-corrected chi connectivity index (χ2v) is 7.22. The van der Waals surface area contributed by atoms with E-state index in [9.17, 15) is 9.59 Å². The van der Waals surface area contributed by atoms with Crippen molar-refractivity contribution in [3.63, 3.8) is 0 Å². The molecule has 0 bridgehead atoms. The van der Waals surface area contributed by atoms with Crippen molar-refractivity contribution in [3.8, 4) is 0 Å². The predicted molar refractivity (Wildman–Crippen MR) is 129 cm³/mol. The Morgan fingerprint density at radius 2 is 1.00 bits per heavy atom. The highest BCUT2D eigenvalue weighted by Crippen LogP contribution is 2.17. The summed E-state index contributed by atoms with van der Waals surface area (Å²) in [5.41, 5.74) is 6.74. The van der Waals surface area contributed by atoms with Gasteiger partial charge >= 0.3 is 0 Å². The Morgan fingerprint density at radius 3 is 1.47 bits per heavy atom. The Morgan fingerprint density at radius 1 is 0.594 bits per heavy atom. The van der Waals surface area contributed by atoms with Crippen LogP contribution >= 0.6 is 0 Å². The number of hydrogen-bond acceptors (Lipinski definition) is 4.